The molecule has 1 N–H and O–H groups in total. The van der Waals surface area contributed by atoms with Crippen LogP contribution < -0.4 is 0 Å². The van der Waals surface area contributed by atoms with Gasteiger partial charge in [0, 0.05) is 25.2 Å². The minimum absolute atomic E-state index is 0.0895. The Kier molecular flexibility index (Phi) is 4.15. The predicted molar refractivity (Wildman–Crippen MR) is 58.0 cm³/mol. The van der Waals surface area contributed by atoms with Gasteiger partial charge in [-0.2, -0.15) is 5.10 Å². The first-order chi connectivity index (χ1) is 7.04. The molecule has 0 saturated carbocycles. The molecule has 0 amide bonds. The van der Waals surface area contributed by atoms with E-state index < -0.39 is 5.97 Å². The summed E-state index contributed by atoms with van der Waals surface area (Å²) in [6.07, 6.45) is 3.20. The maximum atomic E-state index is 10.4. The third-order valence-electron chi connectivity index (χ3n) is 2.22. The minimum atomic E-state index is -0.817. The van der Waals surface area contributed by atoms with Crippen molar-refractivity contribution in [2.24, 2.45) is 7.05 Å². The fourth-order valence-corrected chi connectivity index (χ4v) is 1.79. The van der Waals surface area contributed by atoms with E-state index in [0.717, 1.165) is 17.7 Å². The van der Waals surface area contributed by atoms with Crippen LogP contribution in [0, 0.1) is 0 Å². The largest absolute Gasteiger partial charge is 0.481 e. The van der Waals surface area contributed by atoms with Crippen LogP contribution in [0.3, 0.4) is 0 Å². The van der Waals surface area contributed by atoms with E-state index in [-0.39, 0.29) is 11.8 Å². The fraction of sp³-hybridized carbons (Fsp3) is 0.600. The molecule has 0 spiro atoms. The van der Waals surface area contributed by atoms with Crippen LogP contribution in [0.15, 0.2) is 6.20 Å². The Labute approximate surface area is 93.9 Å². The number of carboxylic acids is 1. The number of halogens is 1. The lowest BCUT2D eigenvalue weighted by molar-refractivity contribution is -0.137. The Morgan fingerprint density at radius 1 is 1.73 bits per heavy atom. The molecule has 0 radical (unpaired) electrons. The van der Waals surface area contributed by atoms with Crippen LogP contribution in [0.1, 0.15) is 36.4 Å². The molecule has 0 aromatic carbocycles. The van der Waals surface area contributed by atoms with Crippen LogP contribution in [0.25, 0.3) is 0 Å². The van der Waals surface area contributed by atoms with Gasteiger partial charge in [-0.25, -0.2) is 0 Å². The molecule has 1 rings (SSSR count). The zero-order valence-electron chi connectivity index (χ0n) is 8.90. The summed E-state index contributed by atoms with van der Waals surface area (Å²) in [7, 11) is 1.84. The summed E-state index contributed by atoms with van der Waals surface area (Å²) in [4.78, 5) is 10.4. The summed E-state index contributed by atoms with van der Waals surface area (Å²) >= 11 is 6.13. The highest BCUT2D eigenvalue weighted by Crippen LogP contribution is 2.28. The first kappa shape index (κ1) is 12.0. The van der Waals surface area contributed by atoms with Gasteiger partial charge in [-0.05, 0) is 12.8 Å². The van der Waals surface area contributed by atoms with Crippen molar-refractivity contribution in [3.63, 3.8) is 0 Å². The van der Waals surface area contributed by atoms with Gasteiger partial charge in [-0.3, -0.25) is 9.48 Å². The van der Waals surface area contributed by atoms with Crippen LogP contribution in [0.2, 0.25) is 0 Å². The second kappa shape index (κ2) is 5.16. The Morgan fingerprint density at radius 2 is 2.40 bits per heavy atom. The zero-order valence-corrected chi connectivity index (χ0v) is 9.66. The van der Waals surface area contributed by atoms with E-state index in [1.807, 2.05) is 20.2 Å². The van der Waals surface area contributed by atoms with Gasteiger partial charge in [0.05, 0.1) is 11.1 Å². The van der Waals surface area contributed by atoms with Crippen molar-refractivity contribution in [1.29, 1.82) is 0 Å². The average molecular weight is 231 g/mol. The molecule has 0 fully saturated rings. The zero-order chi connectivity index (χ0) is 11.4. The van der Waals surface area contributed by atoms with E-state index in [1.165, 1.54) is 0 Å². The Balaban J connectivity index is 2.71. The first-order valence-electron chi connectivity index (χ1n) is 4.92. The number of carbonyl (C=O) groups is 1. The van der Waals surface area contributed by atoms with Crippen LogP contribution in [0.5, 0.6) is 0 Å². The summed E-state index contributed by atoms with van der Waals surface area (Å²) in [6, 6.07) is 0. The molecular weight excluding hydrogens is 216 g/mol. The normalized spacial score (nSPS) is 12.7. The Hall–Kier alpha value is -1.03. The van der Waals surface area contributed by atoms with Crippen molar-refractivity contribution in [2.45, 2.75) is 31.6 Å². The van der Waals surface area contributed by atoms with Gasteiger partial charge < -0.3 is 5.11 Å². The van der Waals surface area contributed by atoms with Gasteiger partial charge >= 0.3 is 5.97 Å². The number of aliphatic carboxylic acids is 1. The lowest BCUT2D eigenvalue weighted by atomic mass is 10.1. The van der Waals surface area contributed by atoms with Crippen molar-refractivity contribution < 1.29 is 9.90 Å². The van der Waals surface area contributed by atoms with E-state index in [1.54, 1.807) is 4.68 Å². The van der Waals surface area contributed by atoms with Gasteiger partial charge in [-0.15, -0.1) is 11.6 Å². The lowest BCUT2D eigenvalue weighted by Gasteiger charge is -2.06. The Bertz CT molecular complexity index is 349. The number of rotatable bonds is 5. The molecule has 1 aromatic heterocycles. The molecule has 0 saturated heterocycles. The summed E-state index contributed by atoms with van der Waals surface area (Å²) < 4.78 is 1.71. The fourth-order valence-electron chi connectivity index (χ4n) is 1.50. The van der Waals surface area contributed by atoms with Crippen molar-refractivity contribution in [3.05, 3.63) is 17.5 Å². The second-order valence-corrected chi connectivity index (χ2v) is 3.99. The summed E-state index contributed by atoms with van der Waals surface area (Å²) in [5, 5.41) is 12.6. The molecule has 1 unspecified atom stereocenters. The molecule has 0 bridgehead atoms. The molecule has 4 nitrogen and oxygen atoms in total. The number of aromatic nitrogens is 2. The number of aryl methyl sites for hydroxylation is 2. The average Bonchev–Trinajstić information content (AvgIpc) is 2.56. The van der Waals surface area contributed by atoms with E-state index in [4.69, 9.17) is 16.7 Å². The van der Waals surface area contributed by atoms with E-state index in [2.05, 4.69) is 5.10 Å². The molecule has 15 heavy (non-hydrogen) atoms. The van der Waals surface area contributed by atoms with Gasteiger partial charge in [0.1, 0.15) is 0 Å². The van der Waals surface area contributed by atoms with Crippen molar-refractivity contribution in [3.8, 4) is 0 Å². The van der Waals surface area contributed by atoms with Gasteiger partial charge in [0.15, 0.2) is 0 Å². The van der Waals surface area contributed by atoms with Crippen LogP contribution in [-0.2, 0) is 18.3 Å². The predicted octanol–water partition coefficient (Wildman–Crippen LogP) is 2.13. The van der Waals surface area contributed by atoms with Crippen LogP contribution in [-0.4, -0.2) is 20.9 Å². The highest BCUT2D eigenvalue weighted by molar-refractivity contribution is 6.20. The first-order valence-corrected chi connectivity index (χ1v) is 5.36. The number of hydrogen-bond donors (Lipinski definition) is 1. The van der Waals surface area contributed by atoms with E-state index >= 15 is 0 Å². The molecule has 0 aliphatic rings. The SMILES string of the molecule is CCc1nn(C)cc1C(Cl)CCC(=O)O. The number of alkyl halides is 1. The number of carboxylic acid groups (broad SMARTS) is 1. The lowest BCUT2D eigenvalue weighted by Crippen LogP contribution is -1.99. The van der Waals surface area contributed by atoms with Gasteiger partial charge in [0.2, 0.25) is 0 Å². The maximum absolute atomic E-state index is 10.4. The highest BCUT2D eigenvalue weighted by atomic mass is 35.5. The minimum Gasteiger partial charge on any atom is -0.481 e. The topological polar surface area (TPSA) is 55.1 Å². The van der Waals surface area contributed by atoms with Crippen molar-refractivity contribution >= 4 is 17.6 Å². The second-order valence-electron chi connectivity index (χ2n) is 3.46. The molecule has 1 aromatic rings. The van der Waals surface area contributed by atoms with E-state index in [9.17, 15) is 4.79 Å². The summed E-state index contributed by atoms with van der Waals surface area (Å²) in [5.74, 6) is -0.817. The monoisotopic (exact) mass is 230 g/mol. The van der Waals surface area contributed by atoms with Crippen LogP contribution in [0.4, 0.5) is 0 Å². The molecule has 5 heteroatoms. The smallest absolute Gasteiger partial charge is 0.303 e. The standard InChI is InChI=1S/C10H15ClN2O2/c1-3-9-7(6-13(2)12-9)8(11)4-5-10(14)15/h6,8H,3-5H2,1-2H3,(H,14,15). The molecule has 0 aliphatic heterocycles. The molecule has 1 atom stereocenters. The quantitative estimate of drug-likeness (QED) is 0.789. The molecule has 84 valence electrons. The number of hydrogen-bond acceptors (Lipinski definition) is 2. The van der Waals surface area contributed by atoms with Crippen molar-refractivity contribution in [1.82, 2.24) is 9.78 Å². The van der Waals surface area contributed by atoms with Gasteiger partial charge in [0.25, 0.3) is 0 Å². The third kappa shape index (κ3) is 3.23. The Morgan fingerprint density at radius 3 is 2.93 bits per heavy atom. The van der Waals surface area contributed by atoms with Crippen LogP contribution >= 0.6 is 11.6 Å². The van der Waals surface area contributed by atoms with E-state index in [0.29, 0.717) is 6.42 Å². The summed E-state index contributed by atoms with van der Waals surface area (Å²) in [5.41, 5.74) is 1.89. The molecule has 0 aliphatic carbocycles. The summed E-state index contributed by atoms with van der Waals surface area (Å²) in [6.45, 7) is 2.01. The number of nitrogens with zero attached hydrogens (tertiary/aromatic N) is 2. The molecular formula is C10H15ClN2O2. The maximum Gasteiger partial charge on any atom is 0.303 e. The molecule has 1 heterocycles. The van der Waals surface area contributed by atoms with Gasteiger partial charge in [-0.1, -0.05) is 6.92 Å². The third-order valence-corrected chi connectivity index (χ3v) is 2.67. The van der Waals surface area contributed by atoms with Crippen molar-refractivity contribution in [2.75, 3.05) is 0 Å². The highest BCUT2D eigenvalue weighted by Gasteiger charge is 2.16.